The maximum atomic E-state index is 13.2. The molecule has 12 heteroatoms. The summed E-state index contributed by atoms with van der Waals surface area (Å²) in [6.07, 6.45) is 1.72. The predicted octanol–water partition coefficient (Wildman–Crippen LogP) is 5.34. The lowest BCUT2D eigenvalue weighted by atomic mass is 9.76. The molecule has 1 aliphatic carbocycles. The number of nitrogens with two attached hydrogens (primary N) is 1. The van der Waals surface area contributed by atoms with Crippen LogP contribution in [-0.4, -0.2) is 34.8 Å². The number of Topliss-reactive ketones (excluding diaryl/α,β-unsaturated/α-hetero) is 1. The fourth-order valence-corrected chi connectivity index (χ4v) is 6.61. The summed E-state index contributed by atoms with van der Waals surface area (Å²) in [7, 11) is 1.57. The number of nitrogens with zero attached hydrogens (tertiary/aromatic N) is 4. The number of nitrogens with one attached hydrogen (secondary N) is 1. The first-order chi connectivity index (χ1) is 18.9. The average molecular weight is 624 g/mol. The number of aromatic nitrogens is 2. The van der Waals surface area contributed by atoms with Crippen LogP contribution in [0.15, 0.2) is 80.0 Å². The zero-order valence-corrected chi connectivity index (χ0v) is 24.0. The molecule has 5 rings (SSSR count). The normalized spacial score (nSPS) is 17.1. The maximum absolute atomic E-state index is 13.2. The number of hydrogen-bond acceptors (Lipinski definition) is 10. The van der Waals surface area contributed by atoms with E-state index >= 15 is 0 Å². The van der Waals surface area contributed by atoms with Gasteiger partial charge >= 0.3 is 0 Å². The van der Waals surface area contributed by atoms with Crippen molar-refractivity contribution in [2.24, 2.45) is 5.73 Å². The van der Waals surface area contributed by atoms with Gasteiger partial charge in [0.2, 0.25) is 11.0 Å². The van der Waals surface area contributed by atoms with Crippen molar-refractivity contribution in [2.45, 2.75) is 29.5 Å². The minimum atomic E-state index is -0.538. The molecule has 0 spiro atoms. The van der Waals surface area contributed by atoms with Crippen molar-refractivity contribution < 1.29 is 14.3 Å². The Morgan fingerprint density at radius 3 is 2.82 bits per heavy atom. The smallest absolute Gasteiger partial charge is 0.234 e. The summed E-state index contributed by atoms with van der Waals surface area (Å²) in [5, 5.41) is 22.0. The van der Waals surface area contributed by atoms with Gasteiger partial charge in [0.05, 0.1) is 30.4 Å². The summed E-state index contributed by atoms with van der Waals surface area (Å²) < 4.78 is 6.66. The number of allylic oxidation sites excluding steroid dienone is 3. The zero-order chi connectivity index (χ0) is 27.5. The molecule has 1 atom stereocenters. The second-order valence-corrected chi connectivity index (χ2v) is 11.9. The first-order valence-electron chi connectivity index (χ1n) is 12.0. The molecule has 1 amide bonds. The van der Waals surface area contributed by atoms with E-state index < -0.39 is 5.92 Å². The average Bonchev–Trinajstić information content (AvgIpc) is 3.40. The summed E-state index contributed by atoms with van der Waals surface area (Å²) in [5.41, 5.74) is 9.70. The van der Waals surface area contributed by atoms with E-state index in [4.69, 9.17) is 10.5 Å². The molecular weight excluding hydrogens is 600 g/mol. The molecule has 9 nitrogen and oxygen atoms in total. The first kappa shape index (κ1) is 26.9. The van der Waals surface area contributed by atoms with Gasteiger partial charge in [-0.1, -0.05) is 57.2 Å². The largest absolute Gasteiger partial charge is 0.497 e. The second kappa shape index (κ2) is 11.6. The molecule has 2 heterocycles. The number of ether oxygens (including phenoxy) is 1. The number of benzene rings is 2. The van der Waals surface area contributed by atoms with Crippen LogP contribution >= 0.6 is 39.0 Å². The summed E-state index contributed by atoms with van der Waals surface area (Å²) in [6.45, 7) is 0. The molecular formula is C27H23BrN6O3S2. The standard InChI is InChI=1S/C27H23BrN6O3S2/c1-37-18-5-2-4-17(12-18)31-22(36)14-38-27-33-32-26(39-27)34-20-6-3-7-21(35)24(20)23(19(13-29)25(34)30)15-8-10-16(28)11-9-15/h2,4-5,8-12,23H,3,6-7,14,30H2,1H3,(H,31,36). The van der Waals surface area contributed by atoms with Gasteiger partial charge in [-0.2, -0.15) is 5.26 Å². The number of nitriles is 1. The molecule has 0 saturated heterocycles. The Morgan fingerprint density at radius 2 is 2.08 bits per heavy atom. The quantitative estimate of drug-likeness (QED) is 0.334. The van der Waals surface area contributed by atoms with Crippen LogP contribution in [0.2, 0.25) is 0 Å². The number of rotatable bonds is 7. The Morgan fingerprint density at radius 1 is 1.28 bits per heavy atom. The fourth-order valence-electron chi connectivity index (χ4n) is 4.67. The predicted molar refractivity (Wildman–Crippen MR) is 154 cm³/mol. The Kier molecular flexibility index (Phi) is 8.02. The van der Waals surface area contributed by atoms with E-state index in [0.717, 1.165) is 15.7 Å². The number of amides is 1. The molecule has 0 fully saturated rings. The summed E-state index contributed by atoms with van der Waals surface area (Å²) in [6, 6.07) is 16.9. The second-order valence-electron chi connectivity index (χ2n) is 8.79. The lowest BCUT2D eigenvalue weighted by molar-refractivity contribution is -0.116. The highest BCUT2D eigenvalue weighted by molar-refractivity contribution is 9.10. The monoisotopic (exact) mass is 622 g/mol. The number of carbonyl (C=O) groups is 2. The van der Waals surface area contributed by atoms with Crippen LogP contribution in [0.25, 0.3) is 0 Å². The van der Waals surface area contributed by atoms with Crippen LogP contribution in [-0.2, 0) is 9.59 Å². The summed E-state index contributed by atoms with van der Waals surface area (Å²) >= 11 is 5.95. The third kappa shape index (κ3) is 5.56. The van der Waals surface area contributed by atoms with Gasteiger partial charge in [-0.05, 0) is 42.7 Å². The van der Waals surface area contributed by atoms with E-state index in [9.17, 15) is 14.9 Å². The van der Waals surface area contributed by atoms with Crippen molar-refractivity contribution in [3.8, 4) is 11.8 Å². The van der Waals surface area contributed by atoms with Gasteiger partial charge in [0.15, 0.2) is 10.1 Å². The molecule has 2 aromatic carbocycles. The van der Waals surface area contributed by atoms with Gasteiger partial charge in [0.1, 0.15) is 11.6 Å². The van der Waals surface area contributed by atoms with Gasteiger partial charge in [-0.3, -0.25) is 14.5 Å². The first-order valence-corrected chi connectivity index (χ1v) is 14.6. The molecule has 1 unspecified atom stereocenters. The van der Waals surface area contributed by atoms with Crippen LogP contribution in [0.5, 0.6) is 5.75 Å². The van der Waals surface area contributed by atoms with Crippen LogP contribution in [0.3, 0.4) is 0 Å². The van der Waals surface area contributed by atoms with Crippen molar-refractivity contribution in [1.82, 2.24) is 10.2 Å². The molecule has 3 aromatic rings. The molecule has 1 aromatic heterocycles. The van der Waals surface area contributed by atoms with E-state index in [1.54, 1.807) is 36.3 Å². The Balaban J connectivity index is 1.40. The fraction of sp³-hybridized carbons (Fsp3) is 0.222. The summed E-state index contributed by atoms with van der Waals surface area (Å²) in [5.74, 6) is 0.276. The number of halogens is 1. The molecule has 0 saturated carbocycles. The minimum absolute atomic E-state index is 0.00254. The molecule has 198 valence electrons. The SMILES string of the molecule is COc1cccc(NC(=O)CSc2nnc(N3C(N)=C(C#N)C(c4ccc(Br)cc4)C4=C3CCCC4=O)s2)c1. The maximum Gasteiger partial charge on any atom is 0.234 e. The van der Waals surface area contributed by atoms with Gasteiger partial charge in [-0.25, -0.2) is 0 Å². The van der Waals surface area contributed by atoms with E-state index in [0.29, 0.717) is 51.3 Å². The van der Waals surface area contributed by atoms with Crippen molar-refractivity contribution in [1.29, 1.82) is 5.26 Å². The van der Waals surface area contributed by atoms with Crippen LogP contribution in [0.4, 0.5) is 10.8 Å². The number of hydrogen-bond donors (Lipinski definition) is 2. The van der Waals surface area contributed by atoms with E-state index in [1.807, 2.05) is 24.3 Å². The van der Waals surface area contributed by atoms with Crippen molar-refractivity contribution >= 4 is 61.5 Å². The highest BCUT2D eigenvalue weighted by Crippen LogP contribution is 2.47. The third-order valence-electron chi connectivity index (χ3n) is 6.38. The number of thioether (sulfide) groups is 1. The topological polar surface area (TPSA) is 134 Å². The Bertz CT molecular complexity index is 1540. The summed E-state index contributed by atoms with van der Waals surface area (Å²) in [4.78, 5) is 27.4. The molecule has 2 aliphatic rings. The number of carbonyl (C=O) groups excluding carboxylic acids is 2. The highest BCUT2D eigenvalue weighted by atomic mass is 79.9. The highest BCUT2D eigenvalue weighted by Gasteiger charge is 2.41. The van der Waals surface area contributed by atoms with E-state index in [2.05, 4.69) is 37.5 Å². The van der Waals surface area contributed by atoms with E-state index in [-0.39, 0.29) is 23.3 Å². The van der Waals surface area contributed by atoms with Crippen LogP contribution in [0, 0.1) is 11.3 Å². The Hall–Kier alpha value is -3.66. The Labute approximate surface area is 241 Å². The van der Waals surface area contributed by atoms with Gasteiger partial charge in [-0.15, -0.1) is 10.2 Å². The number of methoxy groups -OCH3 is 1. The number of ketones is 1. The van der Waals surface area contributed by atoms with Gasteiger partial charge in [0, 0.05) is 33.9 Å². The van der Waals surface area contributed by atoms with Crippen LogP contribution < -0.4 is 20.7 Å². The van der Waals surface area contributed by atoms with Crippen molar-refractivity contribution in [3.63, 3.8) is 0 Å². The van der Waals surface area contributed by atoms with Gasteiger partial charge in [0.25, 0.3) is 0 Å². The molecule has 0 radical (unpaired) electrons. The van der Waals surface area contributed by atoms with Gasteiger partial charge < -0.3 is 15.8 Å². The van der Waals surface area contributed by atoms with Crippen molar-refractivity contribution in [3.05, 3.63) is 81.2 Å². The third-order valence-corrected chi connectivity index (χ3v) is 8.95. The lowest BCUT2D eigenvalue weighted by Crippen LogP contribution is -2.38. The zero-order valence-electron chi connectivity index (χ0n) is 20.8. The lowest BCUT2D eigenvalue weighted by Gasteiger charge is -2.38. The van der Waals surface area contributed by atoms with E-state index in [1.165, 1.54) is 23.1 Å². The van der Waals surface area contributed by atoms with Crippen LogP contribution in [0.1, 0.15) is 30.7 Å². The molecule has 3 N–H and O–H groups in total. The number of anilines is 2. The minimum Gasteiger partial charge on any atom is -0.497 e. The molecule has 39 heavy (non-hydrogen) atoms. The molecule has 1 aliphatic heterocycles. The van der Waals surface area contributed by atoms with Crippen molar-refractivity contribution in [2.75, 3.05) is 23.1 Å². The molecule has 0 bridgehead atoms.